The zero-order valence-corrected chi connectivity index (χ0v) is 36.8. The van der Waals surface area contributed by atoms with E-state index in [1.54, 1.807) is 0 Å². The van der Waals surface area contributed by atoms with E-state index in [-0.39, 0.29) is 0 Å². The van der Waals surface area contributed by atoms with Crippen LogP contribution >= 0.6 is 0 Å². The molecule has 1 aromatic heterocycles. The molecule has 1 unspecified atom stereocenters. The van der Waals surface area contributed by atoms with E-state index < -0.39 is 0 Å². The van der Waals surface area contributed by atoms with Gasteiger partial charge in [-0.2, -0.15) is 0 Å². The molecule has 1 heterocycles. The Hall–Kier alpha value is -6.64. The Morgan fingerprint density at radius 2 is 1.67 bits per heavy atom. The Bertz CT molecular complexity index is 2470. The van der Waals surface area contributed by atoms with Crippen molar-refractivity contribution < 1.29 is 0 Å². The van der Waals surface area contributed by atoms with Gasteiger partial charge in [0.25, 0.3) is 0 Å². The molecule has 2 heteroatoms. The molecule has 0 fully saturated rings. The number of rotatable bonds is 14. The lowest BCUT2D eigenvalue weighted by Crippen LogP contribution is -2.03. The van der Waals surface area contributed by atoms with Crippen molar-refractivity contribution in [3.05, 3.63) is 247 Å². The lowest BCUT2D eigenvalue weighted by molar-refractivity contribution is 0.937. The average molecular weight is 799 g/mol. The van der Waals surface area contributed by atoms with Gasteiger partial charge < -0.3 is 0 Å². The minimum absolute atomic E-state index is 0.330. The molecule has 1 atom stereocenters. The maximum atomic E-state index is 5.26. The third-order valence-corrected chi connectivity index (χ3v) is 10.8. The van der Waals surface area contributed by atoms with Crippen LogP contribution in [0.1, 0.15) is 93.6 Å². The number of aromatic nitrogens is 2. The highest BCUT2D eigenvalue weighted by Crippen LogP contribution is 2.42. The van der Waals surface area contributed by atoms with Crippen LogP contribution in [0.5, 0.6) is 0 Å². The number of hydrogen-bond donors (Lipinski definition) is 0. The Morgan fingerprint density at radius 3 is 2.43 bits per heavy atom. The normalized spacial score (nSPS) is 18.4. The lowest BCUT2D eigenvalue weighted by Gasteiger charge is -2.15. The summed E-state index contributed by atoms with van der Waals surface area (Å²) in [5.74, 6) is 1.06. The Morgan fingerprint density at radius 1 is 0.885 bits per heavy atom. The standard InChI is InChI=1S/C57H58N2.C2H4/c1-8-12-29-45(11-4)50-37-51(46(23-10-3)30-13-9-2)39-52(38-50)48-33-22-21-28-44(36-48)27-20-19-26-43(7)57-58-55(47-31-15-14-16-32-47)53-40-49-35-34-41(5)24-17-18-25-42(6)54(49)56(53)59-57;1-2/h8-9,11-12,14-21,23-26,28-29,31-39,41H,2,4,6,10,13,22,27,30,40H2,1,3,5,7H3;1-2H2/b12-8-,20-19-,24-17-,25-18-,35-34-,43-26+,45-29+,46-23+;. The third-order valence-electron chi connectivity index (χ3n) is 10.8. The van der Waals surface area contributed by atoms with Gasteiger partial charge in [-0.25, -0.2) is 9.97 Å². The molecule has 2 nitrogen and oxygen atoms in total. The number of allylic oxidation sites excluding steroid dienone is 27. The quantitative estimate of drug-likeness (QED) is 0.120. The van der Waals surface area contributed by atoms with Crippen molar-refractivity contribution in [1.82, 2.24) is 9.97 Å². The van der Waals surface area contributed by atoms with Gasteiger partial charge in [0.2, 0.25) is 0 Å². The first-order chi connectivity index (χ1) is 29.8. The summed E-state index contributed by atoms with van der Waals surface area (Å²) in [5, 5.41) is 0. The Labute approximate surface area is 367 Å². The van der Waals surface area contributed by atoms with Gasteiger partial charge in [-0.15, -0.1) is 19.7 Å². The summed E-state index contributed by atoms with van der Waals surface area (Å²) in [7, 11) is 0. The molecular formula is C59H62N2. The first-order valence-corrected chi connectivity index (χ1v) is 21.6. The predicted octanol–water partition coefficient (Wildman–Crippen LogP) is 16.4. The van der Waals surface area contributed by atoms with Crippen LogP contribution in [0.15, 0.2) is 214 Å². The number of nitrogens with zero attached hydrogens (tertiary/aromatic N) is 2. The maximum absolute atomic E-state index is 5.26. The fraction of sp³-hybridized carbons (Fsp3) is 0.186. The van der Waals surface area contributed by atoms with Crippen molar-refractivity contribution in [2.75, 3.05) is 0 Å². The Balaban J connectivity index is 0.00000347. The van der Waals surface area contributed by atoms with Crippen molar-refractivity contribution in [3.63, 3.8) is 0 Å². The van der Waals surface area contributed by atoms with E-state index in [2.05, 4.69) is 205 Å². The topological polar surface area (TPSA) is 25.8 Å². The summed E-state index contributed by atoms with van der Waals surface area (Å²) < 4.78 is 0. The van der Waals surface area contributed by atoms with E-state index in [1.807, 2.05) is 19.1 Å². The monoisotopic (exact) mass is 798 g/mol. The highest BCUT2D eigenvalue weighted by atomic mass is 14.9. The van der Waals surface area contributed by atoms with Crippen LogP contribution in [0.3, 0.4) is 0 Å². The summed E-state index contributed by atoms with van der Waals surface area (Å²) in [5.41, 5.74) is 17.1. The van der Waals surface area contributed by atoms with Gasteiger partial charge in [-0.1, -0.05) is 173 Å². The molecule has 61 heavy (non-hydrogen) atoms. The molecule has 6 rings (SSSR count). The van der Waals surface area contributed by atoms with E-state index in [9.17, 15) is 0 Å². The van der Waals surface area contributed by atoms with Crippen LogP contribution in [0.4, 0.5) is 0 Å². The maximum Gasteiger partial charge on any atom is 0.156 e. The highest BCUT2D eigenvalue weighted by Gasteiger charge is 2.28. The van der Waals surface area contributed by atoms with Crippen LogP contribution in [0.2, 0.25) is 0 Å². The summed E-state index contributed by atoms with van der Waals surface area (Å²) in [6, 6.07) is 17.5. The molecular weight excluding hydrogens is 737 g/mol. The first-order valence-electron chi connectivity index (χ1n) is 21.6. The zero-order valence-electron chi connectivity index (χ0n) is 36.8. The van der Waals surface area contributed by atoms with Crippen LogP contribution in [0, 0.1) is 5.92 Å². The van der Waals surface area contributed by atoms with Gasteiger partial charge in [-0.05, 0) is 126 Å². The number of fused-ring (bicyclic) bond motifs is 2. The van der Waals surface area contributed by atoms with Crippen molar-refractivity contribution in [1.29, 1.82) is 0 Å². The number of hydrogen-bond acceptors (Lipinski definition) is 2. The van der Waals surface area contributed by atoms with Gasteiger partial charge >= 0.3 is 0 Å². The molecule has 0 bridgehead atoms. The lowest BCUT2D eigenvalue weighted by atomic mass is 9.90. The fourth-order valence-corrected chi connectivity index (χ4v) is 7.66. The zero-order chi connectivity index (χ0) is 43.6. The fourth-order valence-electron chi connectivity index (χ4n) is 7.66. The summed E-state index contributed by atoms with van der Waals surface area (Å²) in [6.45, 7) is 27.2. The molecule has 2 aromatic carbocycles. The van der Waals surface area contributed by atoms with Gasteiger partial charge in [0.05, 0.1) is 11.4 Å². The smallest absolute Gasteiger partial charge is 0.156 e. The molecule has 3 aliphatic carbocycles. The third kappa shape index (κ3) is 12.0. The van der Waals surface area contributed by atoms with Crippen LogP contribution in [0.25, 0.3) is 39.1 Å². The first kappa shape index (κ1) is 45.4. The molecule has 0 saturated heterocycles. The van der Waals surface area contributed by atoms with Gasteiger partial charge in [0.1, 0.15) is 0 Å². The Kier molecular flexibility index (Phi) is 17.3. The second-order valence-electron chi connectivity index (χ2n) is 15.3. The molecule has 3 aromatic rings. The van der Waals surface area contributed by atoms with Crippen molar-refractivity contribution >= 4 is 27.9 Å². The largest absolute Gasteiger partial charge is 0.228 e. The molecule has 0 radical (unpaired) electrons. The van der Waals surface area contributed by atoms with Crippen molar-refractivity contribution in [2.45, 2.75) is 66.2 Å². The van der Waals surface area contributed by atoms with Crippen molar-refractivity contribution in [2.24, 2.45) is 5.92 Å². The molecule has 0 amide bonds. The predicted molar refractivity (Wildman–Crippen MR) is 269 cm³/mol. The van der Waals surface area contributed by atoms with Crippen molar-refractivity contribution in [3.8, 4) is 11.3 Å². The van der Waals surface area contributed by atoms with Gasteiger partial charge in [0, 0.05) is 23.1 Å². The summed E-state index contributed by atoms with van der Waals surface area (Å²) in [4.78, 5) is 10.5. The van der Waals surface area contributed by atoms with Crippen LogP contribution in [-0.4, -0.2) is 9.97 Å². The second kappa shape index (κ2) is 23.2. The molecule has 0 spiro atoms. The minimum atomic E-state index is 0.330. The highest BCUT2D eigenvalue weighted by molar-refractivity contribution is 5.91. The van der Waals surface area contributed by atoms with E-state index >= 15 is 0 Å². The second-order valence-corrected chi connectivity index (χ2v) is 15.3. The van der Waals surface area contributed by atoms with Gasteiger partial charge in [-0.3, -0.25) is 0 Å². The van der Waals surface area contributed by atoms with Crippen LogP contribution < -0.4 is 0 Å². The van der Waals surface area contributed by atoms with E-state index in [1.165, 1.54) is 39.0 Å². The average Bonchev–Trinajstić information content (AvgIpc) is 3.50. The number of benzene rings is 2. The molecule has 3 aliphatic rings. The molecule has 0 N–H and O–H groups in total. The summed E-state index contributed by atoms with van der Waals surface area (Å²) in [6.07, 6.45) is 46.7. The van der Waals surface area contributed by atoms with Crippen LogP contribution in [-0.2, 0) is 6.42 Å². The molecule has 308 valence electrons. The molecule has 0 aliphatic heterocycles. The van der Waals surface area contributed by atoms with E-state index in [0.29, 0.717) is 5.92 Å². The minimum Gasteiger partial charge on any atom is -0.228 e. The van der Waals surface area contributed by atoms with Gasteiger partial charge in [0.15, 0.2) is 5.82 Å². The SMILES string of the molecule is C=C.C=CCC/C(=C\CC)c1cc(C2=CCC=CC(C/C=C\C=C(/C)c3nc4c(c(-c5ccccc5)n3)CC3=C4C(=C)/C=C\C=C/C(C)/C=C\3)=C2)cc(/C(C=C)=C/C=C\C)c1. The van der Waals surface area contributed by atoms with E-state index in [4.69, 9.17) is 9.97 Å². The summed E-state index contributed by atoms with van der Waals surface area (Å²) >= 11 is 0. The molecule has 0 saturated carbocycles. The van der Waals surface area contributed by atoms with E-state index in [0.717, 1.165) is 89.2 Å².